The van der Waals surface area contributed by atoms with Crippen LogP contribution in [-0.2, 0) is 0 Å². The molecule has 0 fully saturated rings. The Morgan fingerprint density at radius 2 is 1.72 bits per heavy atom. The Balaban J connectivity index is 2.28. The highest BCUT2D eigenvalue weighted by Crippen LogP contribution is 2.22. The van der Waals surface area contributed by atoms with Crippen molar-refractivity contribution in [2.75, 3.05) is 5.32 Å². The van der Waals surface area contributed by atoms with Crippen molar-refractivity contribution in [3.8, 4) is 0 Å². The number of rotatable bonds is 3. The van der Waals surface area contributed by atoms with Gasteiger partial charge in [0.2, 0.25) is 0 Å². The van der Waals surface area contributed by atoms with Crippen molar-refractivity contribution >= 4 is 33.2 Å². The summed E-state index contributed by atoms with van der Waals surface area (Å²) in [6.07, 6.45) is 0. The molecule has 4 nitrogen and oxygen atoms in total. The van der Waals surface area contributed by atoms with Crippen LogP contribution in [0.4, 0.5) is 11.4 Å². The lowest BCUT2D eigenvalue weighted by molar-refractivity contribution is 0.0954. The van der Waals surface area contributed by atoms with Gasteiger partial charge in [0, 0.05) is 10.2 Å². The molecular weight excluding hydrogens is 294 g/mol. The molecule has 0 aliphatic carbocycles. The number of nitrogens with one attached hydrogen (secondary N) is 2. The fourth-order valence-electron chi connectivity index (χ4n) is 1.56. The van der Waals surface area contributed by atoms with E-state index >= 15 is 0 Å². The SMILES string of the molecule is NNC(=O)c1ccccc1Nc1ccc(Br)cc1. The number of amides is 1. The Bertz CT molecular complexity index is 554. The maximum absolute atomic E-state index is 11.6. The van der Waals surface area contributed by atoms with Gasteiger partial charge in [-0.25, -0.2) is 5.84 Å². The van der Waals surface area contributed by atoms with Crippen LogP contribution in [-0.4, -0.2) is 5.91 Å². The summed E-state index contributed by atoms with van der Waals surface area (Å²) in [6, 6.07) is 14.9. The van der Waals surface area contributed by atoms with E-state index in [1.807, 2.05) is 36.4 Å². The molecule has 0 radical (unpaired) electrons. The van der Waals surface area contributed by atoms with E-state index in [0.717, 1.165) is 10.2 Å². The van der Waals surface area contributed by atoms with Crippen molar-refractivity contribution in [1.82, 2.24) is 5.43 Å². The van der Waals surface area contributed by atoms with Crippen molar-refractivity contribution in [3.63, 3.8) is 0 Å². The minimum atomic E-state index is -0.324. The molecule has 2 aromatic rings. The molecule has 1 amide bonds. The van der Waals surface area contributed by atoms with Crippen molar-refractivity contribution in [1.29, 1.82) is 0 Å². The molecule has 0 unspecified atom stereocenters. The van der Waals surface area contributed by atoms with Crippen LogP contribution in [0.5, 0.6) is 0 Å². The van der Waals surface area contributed by atoms with E-state index in [1.54, 1.807) is 12.1 Å². The second-order valence-corrected chi connectivity index (χ2v) is 4.57. The Morgan fingerprint density at radius 3 is 2.39 bits per heavy atom. The summed E-state index contributed by atoms with van der Waals surface area (Å²) in [6.45, 7) is 0. The molecule has 0 aliphatic heterocycles. The second kappa shape index (κ2) is 5.66. The Hall–Kier alpha value is -1.85. The van der Waals surface area contributed by atoms with Crippen molar-refractivity contribution < 1.29 is 4.79 Å². The molecule has 4 N–H and O–H groups in total. The van der Waals surface area contributed by atoms with E-state index in [9.17, 15) is 4.79 Å². The molecule has 92 valence electrons. The molecule has 0 aromatic heterocycles. The first-order valence-corrected chi connectivity index (χ1v) is 6.12. The zero-order chi connectivity index (χ0) is 13.0. The number of nitrogen functional groups attached to an aromatic ring is 1. The highest BCUT2D eigenvalue weighted by atomic mass is 79.9. The highest BCUT2D eigenvalue weighted by molar-refractivity contribution is 9.10. The highest BCUT2D eigenvalue weighted by Gasteiger charge is 2.09. The largest absolute Gasteiger partial charge is 0.355 e. The third-order valence-corrected chi connectivity index (χ3v) is 2.95. The predicted molar refractivity (Wildman–Crippen MR) is 75.5 cm³/mol. The number of hydrogen-bond donors (Lipinski definition) is 3. The zero-order valence-corrected chi connectivity index (χ0v) is 11.1. The first kappa shape index (κ1) is 12.6. The Labute approximate surface area is 113 Å². The summed E-state index contributed by atoms with van der Waals surface area (Å²) in [4.78, 5) is 11.6. The third kappa shape index (κ3) is 2.88. The molecule has 0 heterocycles. The van der Waals surface area contributed by atoms with Gasteiger partial charge in [-0.3, -0.25) is 10.2 Å². The van der Waals surface area contributed by atoms with Crippen LogP contribution in [0.3, 0.4) is 0 Å². The maximum atomic E-state index is 11.6. The fraction of sp³-hybridized carbons (Fsp3) is 0. The number of carbonyl (C=O) groups is 1. The maximum Gasteiger partial charge on any atom is 0.267 e. The van der Waals surface area contributed by atoms with Gasteiger partial charge >= 0.3 is 0 Å². The van der Waals surface area contributed by atoms with E-state index in [-0.39, 0.29) is 5.91 Å². The molecule has 0 saturated heterocycles. The van der Waals surface area contributed by atoms with Crippen LogP contribution >= 0.6 is 15.9 Å². The topological polar surface area (TPSA) is 67.1 Å². The van der Waals surface area contributed by atoms with Crippen molar-refractivity contribution in [3.05, 3.63) is 58.6 Å². The molecule has 0 spiro atoms. The number of halogens is 1. The molecular formula is C13H12BrN3O. The number of hydrogen-bond acceptors (Lipinski definition) is 3. The van der Waals surface area contributed by atoms with Gasteiger partial charge in [0.25, 0.3) is 5.91 Å². The molecule has 0 saturated carbocycles. The van der Waals surface area contributed by atoms with E-state index in [1.165, 1.54) is 0 Å². The fourth-order valence-corrected chi connectivity index (χ4v) is 1.82. The van der Waals surface area contributed by atoms with Crippen LogP contribution in [0.25, 0.3) is 0 Å². The minimum Gasteiger partial charge on any atom is -0.355 e. The number of carbonyl (C=O) groups excluding carboxylic acids is 1. The van der Waals surface area contributed by atoms with E-state index < -0.39 is 0 Å². The zero-order valence-electron chi connectivity index (χ0n) is 9.48. The monoisotopic (exact) mass is 305 g/mol. The summed E-state index contributed by atoms with van der Waals surface area (Å²) in [5.41, 5.74) is 4.24. The molecule has 2 aromatic carbocycles. The molecule has 0 bridgehead atoms. The lowest BCUT2D eigenvalue weighted by atomic mass is 10.1. The minimum absolute atomic E-state index is 0.324. The smallest absolute Gasteiger partial charge is 0.267 e. The molecule has 5 heteroatoms. The average molecular weight is 306 g/mol. The first-order chi connectivity index (χ1) is 8.70. The van der Waals surface area contributed by atoms with E-state index in [2.05, 4.69) is 26.7 Å². The third-order valence-electron chi connectivity index (χ3n) is 2.43. The van der Waals surface area contributed by atoms with Gasteiger partial charge in [-0.15, -0.1) is 0 Å². The van der Waals surface area contributed by atoms with Crippen molar-refractivity contribution in [2.24, 2.45) is 5.84 Å². The Kier molecular flexibility index (Phi) is 3.96. The predicted octanol–water partition coefficient (Wildman–Crippen LogP) is 2.80. The van der Waals surface area contributed by atoms with Crippen LogP contribution in [0.15, 0.2) is 53.0 Å². The summed E-state index contributed by atoms with van der Waals surface area (Å²) in [5.74, 6) is 4.83. The van der Waals surface area contributed by atoms with Crippen LogP contribution in [0.2, 0.25) is 0 Å². The van der Waals surface area contributed by atoms with Gasteiger partial charge in [0.1, 0.15) is 0 Å². The number of hydrazine groups is 1. The second-order valence-electron chi connectivity index (χ2n) is 3.65. The van der Waals surface area contributed by atoms with Gasteiger partial charge in [-0.2, -0.15) is 0 Å². The summed E-state index contributed by atoms with van der Waals surface area (Å²) < 4.78 is 1.00. The normalized spacial score (nSPS) is 9.89. The summed E-state index contributed by atoms with van der Waals surface area (Å²) >= 11 is 3.37. The number of nitrogens with two attached hydrogens (primary N) is 1. The number of benzene rings is 2. The molecule has 18 heavy (non-hydrogen) atoms. The molecule has 0 aliphatic rings. The quantitative estimate of drug-likeness (QED) is 0.464. The lowest BCUT2D eigenvalue weighted by Gasteiger charge is -2.10. The first-order valence-electron chi connectivity index (χ1n) is 5.33. The van der Waals surface area contributed by atoms with Crippen LogP contribution in [0.1, 0.15) is 10.4 Å². The van der Waals surface area contributed by atoms with Gasteiger partial charge in [-0.1, -0.05) is 28.1 Å². The van der Waals surface area contributed by atoms with Gasteiger partial charge in [0.15, 0.2) is 0 Å². The van der Waals surface area contributed by atoms with Crippen LogP contribution in [0, 0.1) is 0 Å². The van der Waals surface area contributed by atoms with E-state index in [4.69, 9.17) is 5.84 Å². The van der Waals surface area contributed by atoms with E-state index in [0.29, 0.717) is 11.3 Å². The standard InChI is InChI=1S/C13H12BrN3O/c14-9-5-7-10(8-6-9)16-12-4-2-1-3-11(12)13(18)17-15/h1-8,16H,15H2,(H,17,18). The van der Waals surface area contributed by atoms with Crippen LogP contribution < -0.4 is 16.6 Å². The number of anilines is 2. The summed E-state index contributed by atoms with van der Waals surface area (Å²) in [7, 11) is 0. The van der Waals surface area contributed by atoms with Gasteiger partial charge in [-0.05, 0) is 36.4 Å². The number of para-hydroxylation sites is 1. The Morgan fingerprint density at radius 1 is 1.06 bits per heavy atom. The average Bonchev–Trinajstić information content (AvgIpc) is 2.41. The van der Waals surface area contributed by atoms with Crippen molar-refractivity contribution in [2.45, 2.75) is 0 Å². The molecule has 0 atom stereocenters. The van der Waals surface area contributed by atoms with Gasteiger partial charge < -0.3 is 5.32 Å². The molecule has 2 rings (SSSR count). The lowest BCUT2D eigenvalue weighted by Crippen LogP contribution is -2.30. The van der Waals surface area contributed by atoms with Gasteiger partial charge in [0.05, 0.1) is 11.3 Å². The summed E-state index contributed by atoms with van der Waals surface area (Å²) in [5, 5.41) is 3.18.